The monoisotopic (exact) mass is 170 g/mol. The van der Waals surface area contributed by atoms with Gasteiger partial charge in [0.2, 0.25) is 5.91 Å². The second-order valence-corrected chi connectivity index (χ2v) is 3.30. The van der Waals surface area contributed by atoms with E-state index in [4.69, 9.17) is 0 Å². The van der Waals surface area contributed by atoms with Gasteiger partial charge in [-0.1, -0.05) is 6.42 Å². The van der Waals surface area contributed by atoms with Gasteiger partial charge in [-0.25, -0.2) is 0 Å². The van der Waals surface area contributed by atoms with E-state index in [1.165, 1.54) is 12.8 Å². The van der Waals surface area contributed by atoms with E-state index in [9.17, 15) is 4.79 Å². The highest BCUT2D eigenvalue weighted by Crippen LogP contribution is 2.09. The fraction of sp³-hybridized carbons (Fsp3) is 0.889. The normalized spacial score (nSPS) is 23.6. The molecule has 1 aliphatic rings. The summed E-state index contributed by atoms with van der Waals surface area (Å²) in [6, 6.07) is 0.422. The molecule has 0 aromatic heterocycles. The summed E-state index contributed by atoms with van der Waals surface area (Å²) in [6.07, 6.45) is 4.31. The van der Waals surface area contributed by atoms with E-state index in [-0.39, 0.29) is 5.91 Å². The zero-order valence-corrected chi connectivity index (χ0v) is 7.73. The average Bonchev–Trinajstić information content (AvgIpc) is 2.06. The Morgan fingerprint density at radius 1 is 1.58 bits per heavy atom. The van der Waals surface area contributed by atoms with Gasteiger partial charge in [0, 0.05) is 19.0 Å². The van der Waals surface area contributed by atoms with Crippen LogP contribution in [0.25, 0.3) is 0 Å². The molecule has 0 aromatic rings. The van der Waals surface area contributed by atoms with Crippen LogP contribution in [0.15, 0.2) is 0 Å². The number of rotatable bonds is 3. The van der Waals surface area contributed by atoms with Crippen LogP contribution in [0.4, 0.5) is 0 Å². The molecule has 0 spiro atoms. The van der Waals surface area contributed by atoms with Gasteiger partial charge in [-0.05, 0) is 26.3 Å². The number of piperidine rings is 1. The van der Waals surface area contributed by atoms with E-state index in [0.29, 0.717) is 12.5 Å². The van der Waals surface area contributed by atoms with Gasteiger partial charge < -0.3 is 10.6 Å². The average molecular weight is 170 g/mol. The predicted octanol–water partition coefficient (Wildman–Crippen LogP) is 0.655. The van der Waals surface area contributed by atoms with Gasteiger partial charge >= 0.3 is 0 Å². The van der Waals surface area contributed by atoms with Crippen LogP contribution in [0.3, 0.4) is 0 Å². The smallest absolute Gasteiger partial charge is 0.221 e. The third-order valence-corrected chi connectivity index (χ3v) is 2.22. The second-order valence-electron chi connectivity index (χ2n) is 3.30. The lowest BCUT2D eigenvalue weighted by atomic mass is 10.0. The first-order valence-electron chi connectivity index (χ1n) is 4.83. The quantitative estimate of drug-likeness (QED) is 0.653. The van der Waals surface area contributed by atoms with Crippen LogP contribution in [0, 0.1) is 0 Å². The van der Waals surface area contributed by atoms with Crippen LogP contribution in [-0.4, -0.2) is 25.0 Å². The van der Waals surface area contributed by atoms with Gasteiger partial charge in [0.25, 0.3) is 0 Å². The van der Waals surface area contributed by atoms with E-state index in [2.05, 4.69) is 10.6 Å². The molecule has 0 saturated carbocycles. The Morgan fingerprint density at radius 3 is 3.00 bits per heavy atom. The van der Waals surface area contributed by atoms with Gasteiger partial charge in [0.05, 0.1) is 0 Å². The minimum atomic E-state index is 0.178. The molecule has 0 bridgehead atoms. The maximum Gasteiger partial charge on any atom is 0.221 e. The van der Waals surface area contributed by atoms with Crippen molar-refractivity contribution in [3.8, 4) is 0 Å². The summed E-state index contributed by atoms with van der Waals surface area (Å²) in [6.45, 7) is 3.77. The molecule has 12 heavy (non-hydrogen) atoms. The van der Waals surface area contributed by atoms with Crippen molar-refractivity contribution in [1.29, 1.82) is 0 Å². The van der Waals surface area contributed by atoms with Crippen molar-refractivity contribution >= 4 is 5.91 Å². The summed E-state index contributed by atoms with van der Waals surface area (Å²) in [4.78, 5) is 11.2. The first kappa shape index (κ1) is 9.52. The first-order valence-corrected chi connectivity index (χ1v) is 4.83. The van der Waals surface area contributed by atoms with Crippen LogP contribution in [0.2, 0.25) is 0 Å². The van der Waals surface area contributed by atoms with Crippen molar-refractivity contribution in [3.05, 3.63) is 0 Å². The van der Waals surface area contributed by atoms with Crippen LogP contribution < -0.4 is 10.6 Å². The van der Waals surface area contributed by atoms with Crippen molar-refractivity contribution in [1.82, 2.24) is 10.6 Å². The van der Waals surface area contributed by atoms with Crippen molar-refractivity contribution in [2.45, 2.75) is 38.6 Å². The molecule has 1 amide bonds. The van der Waals surface area contributed by atoms with E-state index >= 15 is 0 Å². The first-order chi connectivity index (χ1) is 5.83. The molecule has 0 radical (unpaired) electrons. The Balaban J connectivity index is 2.15. The van der Waals surface area contributed by atoms with Crippen LogP contribution in [0.1, 0.15) is 32.6 Å². The third-order valence-electron chi connectivity index (χ3n) is 2.22. The van der Waals surface area contributed by atoms with Crippen LogP contribution in [-0.2, 0) is 4.79 Å². The van der Waals surface area contributed by atoms with Gasteiger partial charge in [0.1, 0.15) is 0 Å². The molecule has 1 rings (SSSR count). The minimum Gasteiger partial charge on any atom is -0.356 e. The summed E-state index contributed by atoms with van der Waals surface area (Å²) < 4.78 is 0. The summed E-state index contributed by atoms with van der Waals surface area (Å²) >= 11 is 0. The predicted molar refractivity (Wildman–Crippen MR) is 48.9 cm³/mol. The van der Waals surface area contributed by atoms with E-state index < -0.39 is 0 Å². The SMILES string of the molecule is CCNC(=O)C[C@@H]1CCCCN1. The van der Waals surface area contributed by atoms with Crippen molar-refractivity contribution in [2.24, 2.45) is 0 Å². The Kier molecular flexibility index (Phi) is 4.08. The molecular weight excluding hydrogens is 152 g/mol. The number of carbonyl (C=O) groups excluding carboxylic acids is 1. The molecule has 1 aliphatic heterocycles. The maximum absolute atomic E-state index is 11.2. The van der Waals surface area contributed by atoms with Gasteiger partial charge in [-0.15, -0.1) is 0 Å². The summed E-state index contributed by atoms with van der Waals surface area (Å²) in [5.74, 6) is 0.178. The molecular formula is C9H18N2O. The van der Waals surface area contributed by atoms with Crippen LogP contribution in [0.5, 0.6) is 0 Å². The minimum absolute atomic E-state index is 0.178. The molecule has 1 atom stereocenters. The van der Waals surface area contributed by atoms with E-state index in [0.717, 1.165) is 19.5 Å². The topological polar surface area (TPSA) is 41.1 Å². The number of hydrogen-bond acceptors (Lipinski definition) is 2. The summed E-state index contributed by atoms with van der Waals surface area (Å²) in [5, 5.41) is 6.16. The zero-order valence-electron chi connectivity index (χ0n) is 7.73. The number of hydrogen-bond donors (Lipinski definition) is 2. The summed E-state index contributed by atoms with van der Waals surface area (Å²) in [5.41, 5.74) is 0. The molecule has 1 heterocycles. The number of carbonyl (C=O) groups is 1. The van der Waals surface area contributed by atoms with Gasteiger partial charge in [-0.3, -0.25) is 4.79 Å². The van der Waals surface area contributed by atoms with E-state index in [1.807, 2.05) is 6.92 Å². The highest BCUT2D eigenvalue weighted by Gasteiger charge is 2.15. The van der Waals surface area contributed by atoms with Crippen molar-refractivity contribution in [3.63, 3.8) is 0 Å². The highest BCUT2D eigenvalue weighted by molar-refractivity contribution is 5.76. The lowest BCUT2D eigenvalue weighted by Crippen LogP contribution is -2.38. The zero-order chi connectivity index (χ0) is 8.81. The Labute approximate surface area is 73.9 Å². The molecule has 0 unspecified atom stereocenters. The molecule has 3 heteroatoms. The largest absolute Gasteiger partial charge is 0.356 e. The fourth-order valence-corrected chi connectivity index (χ4v) is 1.59. The Bertz CT molecular complexity index is 141. The molecule has 1 saturated heterocycles. The molecule has 0 aromatic carbocycles. The maximum atomic E-state index is 11.2. The van der Waals surface area contributed by atoms with Crippen LogP contribution >= 0.6 is 0 Å². The van der Waals surface area contributed by atoms with E-state index in [1.54, 1.807) is 0 Å². The van der Waals surface area contributed by atoms with Crippen molar-refractivity contribution in [2.75, 3.05) is 13.1 Å². The third kappa shape index (κ3) is 3.22. The Hall–Kier alpha value is -0.570. The molecule has 70 valence electrons. The second kappa shape index (κ2) is 5.14. The fourth-order valence-electron chi connectivity index (χ4n) is 1.59. The Morgan fingerprint density at radius 2 is 2.42 bits per heavy atom. The lowest BCUT2D eigenvalue weighted by molar-refractivity contribution is -0.121. The van der Waals surface area contributed by atoms with Gasteiger partial charge in [0.15, 0.2) is 0 Å². The lowest BCUT2D eigenvalue weighted by Gasteiger charge is -2.22. The number of nitrogens with one attached hydrogen (secondary N) is 2. The molecule has 0 aliphatic carbocycles. The molecule has 1 fully saturated rings. The summed E-state index contributed by atoms with van der Waals surface area (Å²) in [7, 11) is 0. The molecule has 3 nitrogen and oxygen atoms in total. The van der Waals surface area contributed by atoms with Crippen molar-refractivity contribution < 1.29 is 4.79 Å². The highest BCUT2D eigenvalue weighted by atomic mass is 16.1. The standard InChI is InChI=1S/C9H18N2O/c1-2-10-9(12)7-8-5-3-4-6-11-8/h8,11H,2-7H2,1H3,(H,10,12)/t8-/m0/s1. The molecule has 2 N–H and O–H groups in total. The number of amides is 1. The van der Waals surface area contributed by atoms with Gasteiger partial charge in [-0.2, -0.15) is 0 Å².